The molecule has 15 heavy (non-hydrogen) atoms. The maximum Gasteiger partial charge on any atom is 0.392 e. The summed E-state index contributed by atoms with van der Waals surface area (Å²) < 4.78 is 74.9. The summed E-state index contributed by atoms with van der Waals surface area (Å²) in [6, 6.07) is 0. The second kappa shape index (κ2) is 4.34. The van der Waals surface area contributed by atoms with Gasteiger partial charge in [0.2, 0.25) is 0 Å². The van der Waals surface area contributed by atoms with E-state index in [9.17, 15) is 31.1 Å². The van der Waals surface area contributed by atoms with E-state index in [4.69, 9.17) is 0 Å². The molecule has 0 saturated carbocycles. The number of primary amides is 1. The van der Waals surface area contributed by atoms with E-state index in [0.29, 0.717) is 0 Å². The van der Waals surface area contributed by atoms with E-state index in [-0.39, 0.29) is 0 Å². The number of amides is 1. The molecule has 0 spiro atoms. The predicted molar refractivity (Wildman–Crippen MR) is 47.5 cm³/mol. The summed E-state index contributed by atoms with van der Waals surface area (Å²) in [6.45, 7) is 0. The largest absolute Gasteiger partial charge is 0.392 e. The van der Waals surface area contributed by atoms with Crippen LogP contribution in [0.15, 0.2) is 0 Å². The van der Waals surface area contributed by atoms with Crippen LogP contribution in [-0.4, -0.2) is 28.1 Å². The Labute approximate surface area is 94.3 Å². The molecule has 0 saturated heterocycles. The minimum absolute atomic E-state index is 0.463. The molecule has 0 aliphatic carbocycles. The highest BCUT2D eigenvalue weighted by atomic mass is 127. The normalized spacial score (nSPS) is 14.1. The minimum Gasteiger partial charge on any atom is -0.364 e. The molecule has 90 valence electrons. The summed E-state index contributed by atoms with van der Waals surface area (Å²) in [5, 5.41) is 0. The van der Waals surface area contributed by atoms with Gasteiger partial charge in [0, 0.05) is 10.8 Å². The first-order valence-corrected chi connectivity index (χ1v) is 5.02. The van der Waals surface area contributed by atoms with Gasteiger partial charge in [-0.3, -0.25) is 4.79 Å². The number of rotatable bonds is 5. The first-order chi connectivity index (χ1) is 6.50. The Balaban J connectivity index is 5.20. The van der Waals surface area contributed by atoms with Crippen molar-refractivity contribution in [2.24, 2.45) is 5.73 Å². The molecule has 0 fully saturated rings. The molecule has 0 heterocycles. The quantitative estimate of drug-likeness (QED) is 0.462. The Morgan fingerprint density at radius 2 is 1.53 bits per heavy atom. The minimum atomic E-state index is -5.78. The third-order valence-corrected chi connectivity index (χ3v) is 2.11. The lowest BCUT2D eigenvalue weighted by Crippen LogP contribution is -2.59. The first kappa shape index (κ1) is 14.8. The molecule has 0 aromatic rings. The summed E-state index contributed by atoms with van der Waals surface area (Å²) >= 11 is 1.32. The SMILES string of the molecule is NC(=O)C(F)(F)C(F)(F)C(F)(F)CCI. The first-order valence-electron chi connectivity index (χ1n) is 3.50. The maximum absolute atomic E-state index is 12.6. The number of carbonyl (C=O) groups is 1. The van der Waals surface area contributed by atoms with E-state index in [2.05, 4.69) is 5.73 Å². The molecule has 0 unspecified atom stereocenters. The molecule has 0 radical (unpaired) electrons. The van der Waals surface area contributed by atoms with Crippen molar-refractivity contribution in [3.8, 4) is 0 Å². The number of carbonyl (C=O) groups excluding carboxylic acids is 1. The van der Waals surface area contributed by atoms with Crippen LogP contribution in [0.25, 0.3) is 0 Å². The van der Waals surface area contributed by atoms with Gasteiger partial charge in [-0.15, -0.1) is 0 Å². The van der Waals surface area contributed by atoms with Crippen LogP contribution in [0, 0.1) is 0 Å². The van der Waals surface area contributed by atoms with Gasteiger partial charge in [0.15, 0.2) is 0 Å². The fourth-order valence-corrected chi connectivity index (χ4v) is 1.34. The summed E-state index contributed by atoms with van der Waals surface area (Å²) in [5.41, 5.74) is 3.95. The fraction of sp³-hybridized carbons (Fsp3) is 0.833. The highest BCUT2D eigenvalue weighted by Crippen LogP contribution is 2.47. The van der Waals surface area contributed by atoms with Crippen molar-refractivity contribution >= 4 is 28.5 Å². The second-order valence-corrected chi connectivity index (χ2v) is 3.74. The van der Waals surface area contributed by atoms with E-state index < -0.39 is 34.5 Å². The molecule has 9 heteroatoms. The highest BCUT2D eigenvalue weighted by Gasteiger charge is 2.73. The van der Waals surface area contributed by atoms with Gasteiger partial charge in [0.1, 0.15) is 0 Å². The van der Waals surface area contributed by atoms with Gasteiger partial charge in [-0.2, -0.15) is 26.3 Å². The Bertz CT molecular complexity index is 256. The van der Waals surface area contributed by atoms with Crippen LogP contribution in [-0.2, 0) is 4.79 Å². The molecule has 0 aliphatic rings. The number of hydrogen-bond acceptors (Lipinski definition) is 1. The third-order valence-electron chi connectivity index (χ3n) is 1.57. The molecular weight excluding hydrogens is 343 g/mol. The zero-order valence-electron chi connectivity index (χ0n) is 7.05. The molecule has 0 atom stereocenters. The Morgan fingerprint density at radius 1 is 1.13 bits per heavy atom. The lowest BCUT2D eigenvalue weighted by Gasteiger charge is -2.30. The average molecular weight is 349 g/mol. The van der Waals surface area contributed by atoms with Crippen LogP contribution in [0.3, 0.4) is 0 Å². The van der Waals surface area contributed by atoms with E-state index in [1.54, 1.807) is 0 Å². The Kier molecular flexibility index (Phi) is 4.27. The number of halogens is 7. The predicted octanol–water partition coefficient (Wildman–Crippen LogP) is 2.20. The summed E-state index contributed by atoms with van der Waals surface area (Å²) in [6.07, 6.45) is -1.47. The van der Waals surface area contributed by atoms with Crippen molar-refractivity contribution in [1.29, 1.82) is 0 Å². The van der Waals surface area contributed by atoms with E-state index in [1.165, 1.54) is 22.6 Å². The lowest BCUT2D eigenvalue weighted by molar-refractivity contribution is -0.296. The maximum atomic E-state index is 12.6. The number of hydrogen-bond donors (Lipinski definition) is 1. The van der Waals surface area contributed by atoms with Crippen LogP contribution >= 0.6 is 22.6 Å². The average Bonchev–Trinajstić information content (AvgIpc) is 2.02. The molecule has 0 rings (SSSR count). The monoisotopic (exact) mass is 349 g/mol. The zero-order chi connectivity index (χ0) is 12.5. The van der Waals surface area contributed by atoms with Gasteiger partial charge in [-0.25, -0.2) is 0 Å². The van der Waals surface area contributed by atoms with Gasteiger partial charge in [0.25, 0.3) is 5.91 Å². The molecule has 0 aromatic heterocycles. The van der Waals surface area contributed by atoms with Crippen LogP contribution in [0.5, 0.6) is 0 Å². The van der Waals surface area contributed by atoms with E-state index in [1.807, 2.05) is 0 Å². The molecule has 2 nitrogen and oxygen atoms in total. The topological polar surface area (TPSA) is 43.1 Å². The molecule has 1 amide bonds. The highest BCUT2D eigenvalue weighted by molar-refractivity contribution is 14.1. The van der Waals surface area contributed by atoms with Crippen LogP contribution in [0.1, 0.15) is 6.42 Å². The molecule has 2 N–H and O–H groups in total. The standard InChI is InChI=1S/C6H6F6INO/c7-4(8,1-2-13)6(11,12)5(9,10)3(14)15/h1-2H2,(H2,14,15). The third kappa shape index (κ3) is 2.48. The summed E-state index contributed by atoms with van der Waals surface area (Å²) in [4.78, 5) is 9.98. The van der Waals surface area contributed by atoms with Crippen LogP contribution < -0.4 is 5.73 Å². The lowest BCUT2D eigenvalue weighted by atomic mass is 10.0. The van der Waals surface area contributed by atoms with Gasteiger partial charge in [-0.1, -0.05) is 22.6 Å². The van der Waals surface area contributed by atoms with Crippen molar-refractivity contribution < 1.29 is 31.1 Å². The van der Waals surface area contributed by atoms with Gasteiger partial charge < -0.3 is 5.73 Å². The summed E-state index contributed by atoms with van der Waals surface area (Å²) in [5.74, 6) is -19.1. The van der Waals surface area contributed by atoms with Crippen molar-refractivity contribution in [3.05, 3.63) is 0 Å². The zero-order valence-corrected chi connectivity index (χ0v) is 9.20. The van der Waals surface area contributed by atoms with Crippen molar-refractivity contribution in [1.82, 2.24) is 0 Å². The van der Waals surface area contributed by atoms with Gasteiger partial charge in [-0.05, 0) is 0 Å². The molecule has 0 bridgehead atoms. The fourth-order valence-electron chi connectivity index (χ4n) is 0.660. The second-order valence-electron chi connectivity index (χ2n) is 2.66. The number of nitrogens with two attached hydrogens (primary N) is 1. The smallest absolute Gasteiger partial charge is 0.364 e. The molecule has 0 aliphatic heterocycles. The van der Waals surface area contributed by atoms with Crippen molar-refractivity contribution in [2.45, 2.75) is 24.2 Å². The Morgan fingerprint density at radius 3 is 1.80 bits per heavy atom. The van der Waals surface area contributed by atoms with Crippen LogP contribution in [0.4, 0.5) is 26.3 Å². The van der Waals surface area contributed by atoms with Crippen molar-refractivity contribution in [2.75, 3.05) is 4.43 Å². The van der Waals surface area contributed by atoms with Gasteiger partial charge >= 0.3 is 17.8 Å². The van der Waals surface area contributed by atoms with E-state index >= 15 is 0 Å². The van der Waals surface area contributed by atoms with Gasteiger partial charge in [0.05, 0.1) is 0 Å². The molecular formula is C6H6F6INO. The van der Waals surface area contributed by atoms with E-state index in [0.717, 1.165) is 0 Å². The van der Waals surface area contributed by atoms with Crippen molar-refractivity contribution in [3.63, 3.8) is 0 Å². The van der Waals surface area contributed by atoms with Crippen LogP contribution in [0.2, 0.25) is 0 Å². The number of alkyl halides is 7. The molecule has 0 aromatic carbocycles. The summed E-state index contributed by atoms with van der Waals surface area (Å²) in [7, 11) is 0. The Hall–Kier alpha value is -0.220.